The van der Waals surface area contributed by atoms with Gasteiger partial charge in [0.1, 0.15) is 0 Å². The third-order valence-electron chi connectivity index (χ3n) is 2.48. The van der Waals surface area contributed by atoms with Gasteiger partial charge < -0.3 is 24.7 Å². The molecule has 0 aliphatic carbocycles. The lowest BCUT2D eigenvalue weighted by Gasteiger charge is -2.32. The van der Waals surface area contributed by atoms with Crippen molar-refractivity contribution in [2.75, 3.05) is 33.9 Å². The van der Waals surface area contributed by atoms with E-state index < -0.39 is 16.6 Å². The maximum atomic E-state index is 8.89. The number of rotatable bonds is 9. The van der Waals surface area contributed by atoms with Crippen LogP contribution in [-0.4, -0.2) is 55.6 Å². The summed E-state index contributed by atoms with van der Waals surface area (Å²) in [5.74, 6) is 0. The molecule has 0 aromatic carbocycles. The van der Waals surface area contributed by atoms with Crippen LogP contribution in [0.1, 0.15) is 6.42 Å². The van der Waals surface area contributed by atoms with E-state index in [4.69, 9.17) is 19.7 Å². The van der Waals surface area contributed by atoms with Gasteiger partial charge in [-0.2, -0.15) is 0 Å². The van der Waals surface area contributed by atoms with Gasteiger partial charge in [-0.05, 0) is 12.5 Å². The number of aliphatic hydroxyl groups is 1. The minimum Gasteiger partial charge on any atom is -0.401 e. The lowest BCUT2D eigenvalue weighted by molar-refractivity contribution is 0.288. The zero-order valence-corrected chi connectivity index (χ0v) is 12.1. The van der Waals surface area contributed by atoms with Gasteiger partial charge in [0.05, 0.1) is 0 Å². The summed E-state index contributed by atoms with van der Waals surface area (Å²) in [5.41, 5.74) is 5.49. The van der Waals surface area contributed by atoms with Crippen LogP contribution in [0.15, 0.2) is 0 Å². The number of nitrogens with two attached hydrogens (primary N) is 1. The second-order valence-electron chi connectivity index (χ2n) is 3.76. The summed E-state index contributed by atoms with van der Waals surface area (Å²) in [6.45, 7) is 3.85. The highest BCUT2D eigenvalue weighted by molar-refractivity contribution is 7.26. The van der Waals surface area contributed by atoms with Crippen LogP contribution < -0.4 is 10.7 Å². The van der Waals surface area contributed by atoms with Crippen molar-refractivity contribution >= 4 is 16.6 Å². The van der Waals surface area contributed by atoms with Crippen molar-refractivity contribution in [3.8, 4) is 0 Å². The maximum absolute atomic E-state index is 8.89. The summed E-state index contributed by atoms with van der Waals surface area (Å²) in [6.07, 6.45) is 0.802. The Morgan fingerprint density at radius 2 is 2.00 bits per heavy atom. The fourth-order valence-corrected chi connectivity index (χ4v) is 10.5. The summed E-state index contributed by atoms with van der Waals surface area (Å²) >= 11 is 0. The molecule has 5 nitrogen and oxygen atoms in total. The van der Waals surface area contributed by atoms with Crippen molar-refractivity contribution in [1.29, 1.82) is 0 Å². The molecule has 15 heavy (non-hydrogen) atoms. The van der Waals surface area contributed by atoms with E-state index in [0.717, 1.165) is 19.0 Å². The Labute approximate surface area is 94.7 Å². The van der Waals surface area contributed by atoms with Crippen LogP contribution in [0.5, 0.6) is 0 Å². The topological polar surface area (TPSA) is 76.7 Å². The predicted octanol–water partition coefficient (Wildman–Crippen LogP) is -0.916. The summed E-state index contributed by atoms with van der Waals surface area (Å²) in [7, 11) is 0.0657. The van der Waals surface area contributed by atoms with Crippen molar-refractivity contribution in [1.82, 2.24) is 4.98 Å². The number of nitrogens with one attached hydrogen (secondary N) is 1. The molecule has 0 radical (unpaired) electrons. The molecule has 0 aliphatic rings. The molecule has 92 valence electrons. The molecular weight excluding hydrogens is 228 g/mol. The van der Waals surface area contributed by atoms with Crippen LogP contribution in [0.3, 0.4) is 0 Å². The van der Waals surface area contributed by atoms with E-state index >= 15 is 0 Å². The second-order valence-corrected chi connectivity index (χ2v) is 14.3. The molecule has 0 heterocycles. The van der Waals surface area contributed by atoms with E-state index in [-0.39, 0.29) is 6.61 Å². The fraction of sp³-hybridized carbons (Fsp3) is 1.00. The third kappa shape index (κ3) is 5.20. The van der Waals surface area contributed by atoms with Crippen molar-refractivity contribution in [2.45, 2.75) is 19.0 Å². The molecule has 0 amide bonds. The van der Waals surface area contributed by atoms with Crippen molar-refractivity contribution in [3.05, 3.63) is 0 Å². The Balaban J connectivity index is 4.35. The average Bonchev–Trinajstić information content (AvgIpc) is 2.25. The Morgan fingerprint density at radius 3 is 2.40 bits per heavy atom. The summed E-state index contributed by atoms with van der Waals surface area (Å²) < 4.78 is 10.9. The molecule has 0 aromatic heterocycles. The summed E-state index contributed by atoms with van der Waals surface area (Å²) in [6, 6.07) is 0.974. The molecule has 0 spiro atoms. The Kier molecular flexibility index (Phi) is 8.52. The van der Waals surface area contributed by atoms with Gasteiger partial charge in [-0.1, -0.05) is 6.55 Å². The molecule has 0 aliphatic heterocycles. The Morgan fingerprint density at radius 1 is 1.40 bits per heavy atom. The van der Waals surface area contributed by atoms with Gasteiger partial charge >= 0.3 is 8.80 Å². The molecule has 0 rings (SSSR count). The predicted molar refractivity (Wildman–Crippen MR) is 66.4 cm³/mol. The zero-order valence-electron chi connectivity index (χ0n) is 9.95. The van der Waals surface area contributed by atoms with Crippen LogP contribution >= 0.6 is 0 Å². The number of aliphatic hydroxyl groups excluding tert-OH is 1. The summed E-state index contributed by atoms with van der Waals surface area (Å²) in [4.78, 5) is 3.50. The van der Waals surface area contributed by atoms with Crippen molar-refractivity contribution in [2.24, 2.45) is 5.73 Å². The normalized spacial score (nSPS) is 15.6. The summed E-state index contributed by atoms with van der Waals surface area (Å²) in [5, 5.41) is 8.89. The molecule has 4 N–H and O–H groups in total. The van der Waals surface area contributed by atoms with Gasteiger partial charge in [-0.15, -0.1) is 0 Å². The molecule has 0 bridgehead atoms. The first-order chi connectivity index (χ1) is 7.14. The molecule has 1 atom stereocenters. The zero-order chi connectivity index (χ0) is 11.7. The highest BCUT2D eigenvalue weighted by atomic mass is 29.3. The van der Waals surface area contributed by atoms with E-state index in [9.17, 15) is 0 Å². The van der Waals surface area contributed by atoms with Crippen LogP contribution in [0.25, 0.3) is 0 Å². The lowest BCUT2D eigenvalue weighted by atomic mass is 10.5. The minimum atomic E-state index is -1.72. The molecular formula is C8H24N2O3Si2. The molecule has 0 aromatic rings. The average molecular weight is 252 g/mol. The molecule has 0 fully saturated rings. The minimum absolute atomic E-state index is 0.224. The SMILES string of the molecule is CO[SiH](OC)[Si](C)(CCCO)NCCN. The van der Waals surface area contributed by atoms with Gasteiger partial charge in [-0.3, -0.25) is 0 Å². The van der Waals surface area contributed by atoms with Crippen LogP contribution in [0.2, 0.25) is 12.6 Å². The standard InChI is InChI=1S/C8H24N2O3Si2/c1-12-14(13-2)15(3,8-4-7-11)10-6-5-9/h10-11,14H,4-9H2,1-3H3. The highest BCUT2D eigenvalue weighted by Crippen LogP contribution is 2.13. The largest absolute Gasteiger partial charge is 0.401 e. The van der Waals surface area contributed by atoms with E-state index in [0.29, 0.717) is 6.54 Å². The number of hydrogen-bond acceptors (Lipinski definition) is 5. The monoisotopic (exact) mass is 252 g/mol. The van der Waals surface area contributed by atoms with E-state index in [1.807, 2.05) is 0 Å². The maximum Gasteiger partial charge on any atom is 0.318 e. The van der Waals surface area contributed by atoms with Crippen LogP contribution in [0.4, 0.5) is 0 Å². The number of hydrogen-bond donors (Lipinski definition) is 3. The van der Waals surface area contributed by atoms with Crippen molar-refractivity contribution < 1.29 is 14.0 Å². The molecule has 1 unspecified atom stereocenters. The fourth-order valence-electron chi connectivity index (χ4n) is 1.71. The quantitative estimate of drug-likeness (QED) is 0.463. The van der Waals surface area contributed by atoms with E-state index in [2.05, 4.69) is 11.5 Å². The smallest absolute Gasteiger partial charge is 0.318 e. The second kappa shape index (κ2) is 8.39. The van der Waals surface area contributed by atoms with Gasteiger partial charge in [0.2, 0.25) is 0 Å². The van der Waals surface area contributed by atoms with Crippen LogP contribution in [0, 0.1) is 0 Å². The first-order valence-corrected chi connectivity index (χ1v) is 10.7. The highest BCUT2D eigenvalue weighted by Gasteiger charge is 2.39. The molecule has 0 saturated heterocycles. The Bertz CT molecular complexity index is 151. The first-order valence-electron chi connectivity index (χ1n) is 5.26. The van der Waals surface area contributed by atoms with Gasteiger partial charge in [0.25, 0.3) is 0 Å². The molecule has 7 heteroatoms. The van der Waals surface area contributed by atoms with Gasteiger partial charge in [-0.25, -0.2) is 0 Å². The first kappa shape index (κ1) is 15.2. The van der Waals surface area contributed by atoms with Gasteiger partial charge in [0.15, 0.2) is 7.75 Å². The Hall–Kier alpha value is 0.234. The van der Waals surface area contributed by atoms with E-state index in [1.54, 1.807) is 14.2 Å². The third-order valence-corrected chi connectivity index (χ3v) is 12.8. The van der Waals surface area contributed by atoms with Gasteiger partial charge in [0, 0.05) is 33.9 Å². The lowest BCUT2D eigenvalue weighted by Crippen LogP contribution is -2.63. The van der Waals surface area contributed by atoms with E-state index in [1.165, 1.54) is 0 Å². The van der Waals surface area contributed by atoms with Crippen LogP contribution in [-0.2, 0) is 8.85 Å². The van der Waals surface area contributed by atoms with Crippen molar-refractivity contribution in [3.63, 3.8) is 0 Å². The molecule has 0 saturated carbocycles.